The standard InChI is InChI=1S/C3H6O2.Na.H2O4S/c1-2-3(4)5;;1-5(2,3)4/h2H2,1H3,(H,4,5);;(H2,1,2,3,4)/q;+1;/p-1. The summed E-state index contributed by atoms with van der Waals surface area (Å²) in [5.74, 6) is -0.745. The second kappa shape index (κ2) is 8.44. The molecule has 0 aliphatic rings. The molecule has 6 nitrogen and oxygen atoms in total. The van der Waals surface area contributed by atoms with Gasteiger partial charge in [0.2, 0.25) is 10.4 Å². The monoisotopic (exact) mass is 194 g/mol. The first-order chi connectivity index (χ1) is 4.27. The first kappa shape index (κ1) is 17.4. The molecule has 0 saturated carbocycles. The van der Waals surface area contributed by atoms with Crippen LogP contribution in [0.2, 0.25) is 0 Å². The zero-order chi connectivity index (χ0) is 8.78. The number of rotatable bonds is 1. The topological polar surface area (TPSA) is 115 Å². The minimum atomic E-state index is -4.92. The number of carboxylic acids is 1. The zero-order valence-electron chi connectivity index (χ0n) is 6.14. The molecule has 0 radical (unpaired) electrons. The maximum atomic E-state index is 9.37. The van der Waals surface area contributed by atoms with Gasteiger partial charge in [0, 0.05) is 6.42 Å². The van der Waals surface area contributed by atoms with Crippen LogP contribution in [0.1, 0.15) is 13.3 Å². The summed E-state index contributed by atoms with van der Waals surface area (Å²) in [5.41, 5.74) is 0. The Kier molecular flexibility index (Phi) is 13.4. The third kappa shape index (κ3) is 131. The van der Waals surface area contributed by atoms with Crippen LogP contribution in [-0.4, -0.2) is 28.6 Å². The van der Waals surface area contributed by atoms with E-state index in [0.29, 0.717) is 0 Å². The van der Waals surface area contributed by atoms with Crippen molar-refractivity contribution in [3.8, 4) is 0 Å². The van der Waals surface area contributed by atoms with Crippen LogP contribution >= 0.6 is 0 Å². The van der Waals surface area contributed by atoms with Crippen molar-refractivity contribution < 1.29 is 57.0 Å². The number of hydrogen-bond acceptors (Lipinski definition) is 4. The number of aliphatic carboxylic acids is 1. The van der Waals surface area contributed by atoms with Crippen molar-refractivity contribution in [2.24, 2.45) is 0 Å². The Labute approximate surface area is 86.5 Å². The van der Waals surface area contributed by atoms with Crippen LogP contribution in [0.4, 0.5) is 0 Å². The second-order valence-electron chi connectivity index (χ2n) is 1.18. The van der Waals surface area contributed by atoms with Crippen LogP contribution in [0.15, 0.2) is 0 Å². The summed E-state index contributed by atoms with van der Waals surface area (Å²) < 4.78 is 32.8. The molecule has 62 valence electrons. The quantitative estimate of drug-likeness (QED) is 0.254. The van der Waals surface area contributed by atoms with Crippen molar-refractivity contribution >= 4 is 16.4 Å². The third-order valence-corrected chi connectivity index (χ3v) is 0.302. The predicted molar refractivity (Wildman–Crippen MR) is 30.3 cm³/mol. The molecular formula is C3H7NaO6S. The maximum Gasteiger partial charge on any atom is 1.00 e. The summed E-state index contributed by atoms with van der Waals surface area (Å²) in [6, 6.07) is 0. The van der Waals surface area contributed by atoms with E-state index >= 15 is 0 Å². The molecular weight excluding hydrogens is 187 g/mol. The third-order valence-electron chi connectivity index (χ3n) is 0.302. The van der Waals surface area contributed by atoms with E-state index in [2.05, 4.69) is 0 Å². The average molecular weight is 194 g/mol. The molecule has 8 heteroatoms. The first-order valence-corrected chi connectivity index (χ1v) is 3.54. The number of carbonyl (C=O) groups is 1. The van der Waals surface area contributed by atoms with E-state index in [4.69, 9.17) is 22.6 Å². The van der Waals surface area contributed by atoms with Crippen LogP contribution < -0.4 is 29.6 Å². The van der Waals surface area contributed by atoms with Gasteiger partial charge in [0.25, 0.3) is 0 Å². The molecule has 0 rings (SSSR count). The Morgan fingerprint density at radius 2 is 1.64 bits per heavy atom. The van der Waals surface area contributed by atoms with E-state index in [1.165, 1.54) is 0 Å². The summed E-state index contributed by atoms with van der Waals surface area (Å²) in [5, 5.41) is 7.72. The van der Waals surface area contributed by atoms with E-state index in [1.54, 1.807) is 6.92 Å². The van der Waals surface area contributed by atoms with Crippen molar-refractivity contribution in [3.05, 3.63) is 0 Å². The van der Waals surface area contributed by atoms with Gasteiger partial charge in [0.05, 0.1) is 0 Å². The number of hydrogen-bond donors (Lipinski definition) is 2. The molecule has 2 N–H and O–H groups in total. The predicted octanol–water partition coefficient (Wildman–Crippen LogP) is -3.51. The van der Waals surface area contributed by atoms with Crippen LogP contribution in [0.5, 0.6) is 0 Å². The van der Waals surface area contributed by atoms with E-state index in [9.17, 15) is 4.79 Å². The molecule has 0 aromatic heterocycles. The smallest absolute Gasteiger partial charge is 0.726 e. The molecule has 0 fully saturated rings. The van der Waals surface area contributed by atoms with Crippen LogP contribution in [0.3, 0.4) is 0 Å². The molecule has 0 unspecified atom stereocenters. The fraction of sp³-hybridized carbons (Fsp3) is 0.667. The van der Waals surface area contributed by atoms with Crippen molar-refractivity contribution in [1.29, 1.82) is 0 Å². The molecule has 0 bridgehead atoms. The minimum Gasteiger partial charge on any atom is -0.726 e. The summed E-state index contributed by atoms with van der Waals surface area (Å²) >= 11 is 0. The Morgan fingerprint density at radius 1 is 1.55 bits per heavy atom. The van der Waals surface area contributed by atoms with Gasteiger partial charge in [-0.3, -0.25) is 9.35 Å². The molecule has 0 aliphatic carbocycles. The summed E-state index contributed by atoms with van der Waals surface area (Å²) in [4.78, 5) is 9.37. The van der Waals surface area contributed by atoms with Gasteiger partial charge in [0.1, 0.15) is 0 Å². The van der Waals surface area contributed by atoms with Crippen molar-refractivity contribution in [2.45, 2.75) is 13.3 Å². The van der Waals surface area contributed by atoms with Gasteiger partial charge in [-0.2, -0.15) is 0 Å². The summed E-state index contributed by atoms with van der Waals surface area (Å²) in [7, 11) is -4.92. The maximum absolute atomic E-state index is 9.37. The molecule has 0 aliphatic heterocycles. The number of carboxylic acid groups (broad SMARTS) is 1. The van der Waals surface area contributed by atoms with Gasteiger partial charge in [-0.1, -0.05) is 6.92 Å². The molecule has 0 spiro atoms. The van der Waals surface area contributed by atoms with Crippen molar-refractivity contribution in [1.82, 2.24) is 0 Å². The first-order valence-electron chi connectivity index (χ1n) is 2.17. The van der Waals surface area contributed by atoms with Crippen LogP contribution in [0.25, 0.3) is 0 Å². The molecule has 11 heavy (non-hydrogen) atoms. The normalized spacial score (nSPS) is 8.64. The Hall–Kier alpha value is 0.340. The molecule has 0 aromatic rings. The summed E-state index contributed by atoms with van der Waals surface area (Å²) in [6.45, 7) is 1.60. The fourth-order valence-corrected chi connectivity index (χ4v) is 0. The van der Waals surface area contributed by atoms with E-state index in [0.717, 1.165) is 0 Å². The van der Waals surface area contributed by atoms with Crippen LogP contribution in [-0.2, 0) is 15.2 Å². The molecule has 0 amide bonds. The summed E-state index contributed by atoms with van der Waals surface area (Å²) in [6.07, 6.45) is 0.222. The SMILES string of the molecule is CCC(=O)O.O=S(=O)([O-])O.[Na+]. The fourth-order valence-electron chi connectivity index (χ4n) is 0. The van der Waals surface area contributed by atoms with Gasteiger partial charge in [-0.15, -0.1) is 0 Å². The van der Waals surface area contributed by atoms with Gasteiger partial charge in [-0.05, 0) is 0 Å². The van der Waals surface area contributed by atoms with Gasteiger partial charge >= 0.3 is 35.5 Å². The van der Waals surface area contributed by atoms with Gasteiger partial charge in [0.15, 0.2) is 0 Å². The van der Waals surface area contributed by atoms with E-state index in [1.807, 2.05) is 0 Å². The van der Waals surface area contributed by atoms with Crippen molar-refractivity contribution in [2.75, 3.05) is 0 Å². The Bertz CT molecular complexity index is 176. The van der Waals surface area contributed by atoms with Gasteiger partial charge < -0.3 is 9.66 Å². The minimum absolute atomic E-state index is 0. The van der Waals surface area contributed by atoms with Gasteiger partial charge in [-0.25, -0.2) is 8.42 Å². The Morgan fingerprint density at radius 3 is 1.64 bits per heavy atom. The molecule has 0 heterocycles. The molecule has 0 atom stereocenters. The molecule has 0 aromatic carbocycles. The second-order valence-corrected chi connectivity index (χ2v) is 2.03. The van der Waals surface area contributed by atoms with Crippen molar-refractivity contribution in [3.63, 3.8) is 0 Å². The zero-order valence-corrected chi connectivity index (χ0v) is 8.96. The largest absolute Gasteiger partial charge is 1.00 e. The van der Waals surface area contributed by atoms with E-state index in [-0.39, 0.29) is 36.0 Å². The molecule has 0 saturated heterocycles. The van der Waals surface area contributed by atoms with Crippen LogP contribution in [0, 0.1) is 0 Å². The van der Waals surface area contributed by atoms with E-state index < -0.39 is 16.4 Å². The Balaban J connectivity index is -0.000000107. The average Bonchev–Trinajstić information content (AvgIpc) is 1.61.